The molecule has 0 aromatic heterocycles. The summed E-state index contributed by atoms with van der Waals surface area (Å²) in [5, 5.41) is 8.81. The van der Waals surface area contributed by atoms with Crippen molar-refractivity contribution in [1.29, 1.82) is 0 Å². The first-order valence-corrected chi connectivity index (χ1v) is 4.10. The van der Waals surface area contributed by atoms with Crippen molar-refractivity contribution >= 4 is 5.97 Å². The molecule has 1 N–H and O–H groups in total. The first-order chi connectivity index (χ1) is 6.01. The van der Waals surface area contributed by atoms with Crippen LogP contribution in [0.3, 0.4) is 0 Å². The maximum absolute atomic E-state index is 12.5. The fourth-order valence-corrected chi connectivity index (χ4v) is 2.38. The molecule has 5 heteroatoms. The molecule has 0 atom stereocenters. The van der Waals surface area contributed by atoms with Gasteiger partial charge in [-0.15, -0.1) is 0 Å². The van der Waals surface area contributed by atoms with E-state index in [-0.39, 0.29) is 26.1 Å². The van der Waals surface area contributed by atoms with Crippen LogP contribution in [0.1, 0.15) is 12.8 Å². The number of fused-ring (bicyclic) bond motifs is 2. The Morgan fingerprint density at radius 3 is 2.46 bits per heavy atom. The number of ether oxygens (including phenoxy) is 1. The number of carboxylic acid groups (broad SMARTS) is 1. The van der Waals surface area contributed by atoms with Gasteiger partial charge in [-0.05, 0) is 12.8 Å². The molecule has 0 amide bonds. The second-order valence-corrected chi connectivity index (χ2v) is 4.09. The van der Waals surface area contributed by atoms with E-state index >= 15 is 0 Å². The van der Waals surface area contributed by atoms with Crippen LogP contribution in [0, 0.1) is 10.8 Å². The number of rotatable bonds is 2. The summed E-state index contributed by atoms with van der Waals surface area (Å²) in [4.78, 5) is 10.8. The zero-order valence-electron chi connectivity index (χ0n) is 6.93. The van der Waals surface area contributed by atoms with Gasteiger partial charge in [-0.2, -0.15) is 0 Å². The Morgan fingerprint density at radius 1 is 1.38 bits per heavy atom. The summed E-state index contributed by atoms with van der Waals surface area (Å²) in [6.07, 6.45) is -2.35. The number of aliphatic carboxylic acids is 1. The Balaban J connectivity index is 2.15. The van der Waals surface area contributed by atoms with Crippen LogP contribution in [-0.4, -0.2) is 30.7 Å². The van der Waals surface area contributed by atoms with Crippen LogP contribution in [0.15, 0.2) is 0 Å². The highest BCUT2D eigenvalue weighted by Crippen LogP contribution is 2.60. The standard InChI is InChI=1S/C8H10F2O3/c9-5(10)7-1-8(2-7,6(11)12)4-13-3-7/h5H,1-4H2,(H,11,12). The number of hydrogen-bond acceptors (Lipinski definition) is 2. The van der Waals surface area contributed by atoms with Gasteiger partial charge in [0.1, 0.15) is 0 Å². The quantitative estimate of drug-likeness (QED) is 0.713. The minimum atomic E-state index is -2.47. The molecule has 2 saturated heterocycles. The summed E-state index contributed by atoms with van der Waals surface area (Å²) in [5.41, 5.74) is -2.19. The summed E-state index contributed by atoms with van der Waals surface area (Å²) >= 11 is 0. The highest BCUT2D eigenvalue weighted by Gasteiger charge is 2.66. The monoisotopic (exact) mass is 192 g/mol. The molecule has 0 spiro atoms. The highest BCUT2D eigenvalue weighted by molar-refractivity contribution is 5.76. The predicted molar refractivity (Wildman–Crippen MR) is 38.6 cm³/mol. The van der Waals surface area contributed by atoms with Gasteiger partial charge in [0.15, 0.2) is 0 Å². The maximum atomic E-state index is 12.5. The normalized spacial score (nSPS) is 43.0. The van der Waals surface area contributed by atoms with Crippen LogP contribution in [0.25, 0.3) is 0 Å². The van der Waals surface area contributed by atoms with Crippen LogP contribution in [-0.2, 0) is 9.53 Å². The zero-order chi connectivity index (χ0) is 9.69. The molecule has 3 nitrogen and oxygen atoms in total. The summed E-state index contributed by atoms with van der Waals surface area (Å²) < 4.78 is 29.9. The Hall–Kier alpha value is -0.710. The maximum Gasteiger partial charge on any atom is 0.312 e. The number of carbonyl (C=O) groups is 1. The van der Waals surface area contributed by atoms with Crippen molar-refractivity contribution in [2.45, 2.75) is 19.3 Å². The van der Waals surface area contributed by atoms with Crippen LogP contribution in [0.5, 0.6) is 0 Å². The molecule has 0 aromatic carbocycles. The van der Waals surface area contributed by atoms with E-state index in [0.717, 1.165) is 0 Å². The first kappa shape index (κ1) is 8.87. The van der Waals surface area contributed by atoms with E-state index in [1.54, 1.807) is 0 Å². The molecule has 3 rings (SSSR count). The lowest BCUT2D eigenvalue weighted by Gasteiger charge is -2.56. The van der Waals surface area contributed by atoms with Gasteiger partial charge in [0.25, 0.3) is 0 Å². The first-order valence-electron chi connectivity index (χ1n) is 4.10. The number of halogens is 2. The van der Waals surface area contributed by atoms with Crippen molar-refractivity contribution in [2.75, 3.05) is 13.2 Å². The van der Waals surface area contributed by atoms with Crippen molar-refractivity contribution < 1.29 is 23.4 Å². The molecule has 1 aliphatic carbocycles. The van der Waals surface area contributed by atoms with E-state index in [1.165, 1.54) is 0 Å². The number of hydrogen-bond donors (Lipinski definition) is 1. The third-order valence-electron chi connectivity index (χ3n) is 3.07. The van der Waals surface area contributed by atoms with Crippen molar-refractivity contribution in [3.63, 3.8) is 0 Å². The zero-order valence-corrected chi connectivity index (χ0v) is 6.93. The van der Waals surface area contributed by atoms with E-state index < -0.39 is 23.2 Å². The molecule has 3 aliphatic rings. The van der Waals surface area contributed by atoms with Gasteiger partial charge in [0, 0.05) is 0 Å². The molecular weight excluding hydrogens is 182 g/mol. The largest absolute Gasteiger partial charge is 0.481 e. The van der Waals surface area contributed by atoms with Crippen molar-refractivity contribution in [3.05, 3.63) is 0 Å². The van der Waals surface area contributed by atoms with Crippen LogP contribution >= 0.6 is 0 Å². The lowest BCUT2D eigenvalue weighted by molar-refractivity contribution is -0.246. The molecule has 2 bridgehead atoms. The van der Waals surface area contributed by atoms with E-state index in [9.17, 15) is 13.6 Å². The third-order valence-corrected chi connectivity index (χ3v) is 3.07. The Labute approximate surface area is 73.7 Å². The number of carboxylic acids is 1. The van der Waals surface area contributed by atoms with E-state index in [1.807, 2.05) is 0 Å². The van der Waals surface area contributed by atoms with Gasteiger partial charge < -0.3 is 9.84 Å². The van der Waals surface area contributed by atoms with Crippen LogP contribution in [0.4, 0.5) is 8.78 Å². The molecule has 13 heavy (non-hydrogen) atoms. The predicted octanol–water partition coefficient (Wildman–Crippen LogP) is 1.13. The van der Waals surface area contributed by atoms with Gasteiger partial charge in [-0.3, -0.25) is 4.79 Å². The lowest BCUT2D eigenvalue weighted by Crippen LogP contribution is -2.63. The van der Waals surface area contributed by atoms with Gasteiger partial charge in [0.05, 0.1) is 24.0 Å². The summed E-state index contributed by atoms with van der Waals surface area (Å²) in [7, 11) is 0. The van der Waals surface area contributed by atoms with Crippen LogP contribution in [0.2, 0.25) is 0 Å². The molecule has 2 heterocycles. The summed E-state index contributed by atoms with van der Waals surface area (Å²) in [5.74, 6) is -1.01. The van der Waals surface area contributed by atoms with Crippen molar-refractivity contribution in [2.24, 2.45) is 10.8 Å². The van der Waals surface area contributed by atoms with Gasteiger partial charge in [-0.1, -0.05) is 0 Å². The van der Waals surface area contributed by atoms with E-state index in [0.29, 0.717) is 0 Å². The van der Waals surface area contributed by atoms with Gasteiger partial charge in [-0.25, -0.2) is 8.78 Å². The van der Waals surface area contributed by atoms with Gasteiger partial charge >= 0.3 is 5.97 Å². The molecule has 74 valence electrons. The minimum Gasteiger partial charge on any atom is -0.481 e. The smallest absolute Gasteiger partial charge is 0.312 e. The van der Waals surface area contributed by atoms with E-state index in [4.69, 9.17) is 9.84 Å². The Kier molecular flexibility index (Phi) is 1.64. The van der Waals surface area contributed by atoms with Crippen molar-refractivity contribution in [1.82, 2.24) is 0 Å². The molecule has 0 unspecified atom stereocenters. The average Bonchev–Trinajstić information content (AvgIpc) is 2.02. The van der Waals surface area contributed by atoms with E-state index in [2.05, 4.69) is 0 Å². The average molecular weight is 192 g/mol. The highest BCUT2D eigenvalue weighted by atomic mass is 19.3. The Morgan fingerprint density at radius 2 is 2.00 bits per heavy atom. The molecular formula is C8H10F2O3. The summed E-state index contributed by atoms with van der Waals surface area (Å²) in [6.45, 7) is 0.0799. The molecule has 2 aliphatic heterocycles. The molecule has 3 fully saturated rings. The second-order valence-electron chi connectivity index (χ2n) is 4.09. The third kappa shape index (κ3) is 0.995. The minimum absolute atomic E-state index is 0.000301. The SMILES string of the molecule is O=C(O)C12COCC(C(F)F)(C1)C2. The fraction of sp³-hybridized carbons (Fsp3) is 0.875. The molecule has 0 aromatic rings. The Bertz CT molecular complexity index is 246. The van der Waals surface area contributed by atoms with Gasteiger partial charge in [0.2, 0.25) is 6.43 Å². The lowest BCUT2D eigenvalue weighted by atomic mass is 9.52. The summed E-state index contributed by atoms with van der Waals surface area (Å²) in [6, 6.07) is 0. The fourth-order valence-electron chi connectivity index (χ4n) is 2.38. The second kappa shape index (κ2) is 2.41. The molecule has 1 saturated carbocycles. The van der Waals surface area contributed by atoms with Crippen molar-refractivity contribution in [3.8, 4) is 0 Å². The number of alkyl halides is 2. The topological polar surface area (TPSA) is 46.5 Å². The van der Waals surface area contributed by atoms with Crippen LogP contribution < -0.4 is 0 Å². The molecule has 0 radical (unpaired) electrons.